The first-order valence-corrected chi connectivity index (χ1v) is 17.4. The minimum absolute atomic E-state index is 0.871. The maximum Gasteiger partial charge on any atom is 0.137 e. The standard InChI is InChI=1S/C46H29NOS/c1-2-13-31-28-32(25-24-30(31)12-1)34-14-3-7-18-39(34)47(41-20-11-22-43-46(41)37-17-5-9-21-42(37)48-43)40-19-8-4-15-35(40)33-26-27-45-38(29-33)36-16-6-10-23-44(36)49-45/h1-29H. The van der Waals surface area contributed by atoms with E-state index in [9.17, 15) is 0 Å². The molecule has 0 saturated heterocycles. The van der Waals surface area contributed by atoms with Crippen molar-refractivity contribution in [2.75, 3.05) is 4.90 Å². The van der Waals surface area contributed by atoms with Crippen molar-refractivity contribution in [3.05, 3.63) is 176 Å². The van der Waals surface area contributed by atoms with Crippen molar-refractivity contribution >= 4 is 81.3 Å². The summed E-state index contributed by atoms with van der Waals surface area (Å²) >= 11 is 1.85. The minimum atomic E-state index is 0.871. The molecular weight excluding hydrogens is 615 g/mol. The molecule has 10 aromatic rings. The summed E-state index contributed by atoms with van der Waals surface area (Å²) in [5, 5.41) is 7.25. The number of nitrogens with zero attached hydrogens (tertiary/aromatic N) is 1. The quantitative estimate of drug-likeness (QED) is 0.186. The molecule has 2 nitrogen and oxygen atoms in total. The van der Waals surface area contributed by atoms with Crippen LogP contribution in [0.15, 0.2) is 180 Å². The van der Waals surface area contributed by atoms with Gasteiger partial charge in [-0.1, -0.05) is 121 Å². The lowest BCUT2D eigenvalue weighted by molar-refractivity contribution is 0.669. The highest BCUT2D eigenvalue weighted by Crippen LogP contribution is 2.49. The molecule has 0 spiro atoms. The highest BCUT2D eigenvalue weighted by molar-refractivity contribution is 7.25. The molecule has 0 saturated carbocycles. The second kappa shape index (κ2) is 11.2. The van der Waals surface area contributed by atoms with Gasteiger partial charge in [0.15, 0.2) is 0 Å². The molecule has 0 radical (unpaired) electrons. The molecule has 0 unspecified atom stereocenters. The normalized spacial score (nSPS) is 11.7. The Hall–Kier alpha value is -6.16. The molecule has 0 bridgehead atoms. The van der Waals surface area contributed by atoms with E-state index in [-0.39, 0.29) is 0 Å². The van der Waals surface area contributed by atoms with Crippen molar-refractivity contribution < 1.29 is 4.42 Å². The molecule has 3 heteroatoms. The van der Waals surface area contributed by atoms with Crippen LogP contribution < -0.4 is 4.90 Å². The van der Waals surface area contributed by atoms with E-state index in [1.807, 2.05) is 17.4 Å². The molecule has 0 fully saturated rings. The number of para-hydroxylation sites is 3. The maximum absolute atomic E-state index is 6.45. The van der Waals surface area contributed by atoms with Crippen molar-refractivity contribution in [3.8, 4) is 22.3 Å². The predicted octanol–water partition coefficient (Wildman–Crippen LogP) is 13.9. The zero-order valence-corrected chi connectivity index (χ0v) is 27.3. The Labute approximate surface area is 287 Å². The lowest BCUT2D eigenvalue weighted by Crippen LogP contribution is -2.12. The Kier molecular flexibility index (Phi) is 6.39. The smallest absolute Gasteiger partial charge is 0.137 e. The molecule has 0 N–H and O–H groups in total. The number of thiophene rings is 1. The zero-order chi connectivity index (χ0) is 32.3. The van der Waals surface area contributed by atoms with Crippen LogP contribution in [0, 0.1) is 0 Å². The number of furan rings is 1. The summed E-state index contributed by atoms with van der Waals surface area (Å²) in [6.45, 7) is 0. The monoisotopic (exact) mass is 643 g/mol. The van der Waals surface area contributed by atoms with Gasteiger partial charge in [-0.15, -0.1) is 11.3 Å². The fraction of sp³-hybridized carbons (Fsp3) is 0. The largest absolute Gasteiger partial charge is 0.456 e. The molecule has 49 heavy (non-hydrogen) atoms. The molecule has 0 aliphatic rings. The third-order valence-electron chi connectivity index (χ3n) is 9.66. The van der Waals surface area contributed by atoms with Gasteiger partial charge in [-0.3, -0.25) is 0 Å². The molecule has 0 atom stereocenters. The Morgan fingerprint density at radius 3 is 1.82 bits per heavy atom. The van der Waals surface area contributed by atoms with E-state index in [1.54, 1.807) is 0 Å². The van der Waals surface area contributed by atoms with E-state index < -0.39 is 0 Å². The summed E-state index contributed by atoms with van der Waals surface area (Å²) in [6, 6.07) is 63.3. The predicted molar refractivity (Wildman–Crippen MR) is 210 cm³/mol. The summed E-state index contributed by atoms with van der Waals surface area (Å²) in [5.41, 5.74) is 9.72. The van der Waals surface area contributed by atoms with Crippen molar-refractivity contribution in [2.24, 2.45) is 0 Å². The van der Waals surface area contributed by atoms with Gasteiger partial charge in [0.25, 0.3) is 0 Å². The molecule has 2 aromatic heterocycles. The summed E-state index contributed by atoms with van der Waals surface area (Å²) in [6.07, 6.45) is 0. The van der Waals surface area contributed by atoms with Gasteiger partial charge < -0.3 is 9.32 Å². The molecule has 10 rings (SSSR count). The van der Waals surface area contributed by atoms with Gasteiger partial charge in [0.2, 0.25) is 0 Å². The van der Waals surface area contributed by atoms with E-state index in [2.05, 4.69) is 175 Å². The van der Waals surface area contributed by atoms with Crippen LogP contribution in [0.4, 0.5) is 17.1 Å². The fourth-order valence-electron chi connectivity index (χ4n) is 7.41. The van der Waals surface area contributed by atoms with E-state index in [0.29, 0.717) is 0 Å². The maximum atomic E-state index is 6.45. The zero-order valence-electron chi connectivity index (χ0n) is 26.5. The first kappa shape index (κ1) is 27.9. The second-order valence-corrected chi connectivity index (χ2v) is 13.6. The molecule has 0 amide bonds. The van der Waals surface area contributed by atoms with Gasteiger partial charge >= 0.3 is 0 Å². The van der Waals surface area contributed by atoms with Crippen LogP contribution in [0.25, 0.3) is 75.1 Å². The first-order valence-electron chi connectivity index (χ1n) is 16.6. The molecule has 230 valence electrons. The molecule has 2 heterocycles. The van der Waals surface area contributed by atoms with E-state index in [1.165, 1.54) is 42.1 Å². The van der Waals surface area contributed by atoms with Gasteiger partial charge in [-0.05, 0) is 76.5 Å². The third kappa shape index (κ3) is 4.55. The molecule has 8 aromatic carbocycles. The minimum Gasteiger partial charge on any atom is -0.456 e. The Morgan fingerprint density at radius 2 is 0.980 bits per heavy atom. The average molecular weight is 644 g/mol. The fourth-order valence-corrected chi connectivity index (χ4v) is 8.49. The Bertz CT molecular complexity index is 2860. The van der Waals surface area contributed by atoms with E-state index in [0.717, 1.165) is 50.1 Å². The van der Waals surface area contributed by atoms with Crippen LogP contribution in [-0.4, -0.2) is 0 Å². The topological polar surface area (TPSA) is 16.4 Å². The van der Waals surface area contributed by atoms with E-state index in [4.69, 9.17) is 4.42 Å². The third-order valence-corrected chi connectivity index (χ3v) is 10.8. The van der Waals surface area contributed by atoms with Gasteiger partial charge in [0.1, 0.15) is 11.2 Å². The van der Waals surface area contributed by atoms with Crippen LogP contribution in [0.5, 0.6) is 0 Å². The SMILES string of the molecule is c1ccc(N(c2ccccc2-c2ccc3sc4ccccc4c3c2)c2cccc3oc4ccccc4c23)c(-c2ccc3ccccc3c2)c1. The highest BCUT2D eigenvalue weighted by atomic mass is 32.1. The molecule has 0 aliphatic carbocycles. The number of hydrogen-bond acceptors (Lipinski definition) is 3. The summed E-state index contributed by atoms with van der Waals surface area (Å²) in [4.78, 5) is 2.44. The lowest BCUT2D eigenvalue weighted by Gasteiger charge is -2.30. The first-order chi connectivity index (χ1) is 24.3. The van der Waals surface area contributed by atoms with Gasteiger partial charge in [-0.25, -0.2) is 0 Å². The number of fused-ring (bicyclic) bond motifs is 7. The van der Waals surface area contributed by atoms with Crippen LogP contribution >= 0.6 is 11.3 Å². The van der Waals surface area contributed by atoms with Crippen LogP contribution in [-0.2, 0) is 0 Å². The van der Waals surface area contributed by atoms with E-state index >= 15 is 0 Å². The summed E-state index contributed by atoms with van der Waals surface area (Å²) in [5.74, 6) is 0. The van der Waals surface area contributed by atoms with Crippen molar-refractivity contribution in [1.82, 2.24) is 0 Å². The molecule has 0 aliphatic heterocycles. The number of anilines is 3. The van der Waals surface area contributed by atoms with Gasteiger partial charge in [-0.2, -0.15) is 0 Å². The van der Waals surface area contributed by atoms with Crippen molar-refractivity contribution in [3.63, 3.8) is 0 Å². The van der Waals surface area contributed by atoms with Gasteiger partial charge in [0.05, 0.1) is 22.4 Å². The van der Waals surface area contributed by atoms with Crippen LogP contribution in [0.2, 0.25) is 0 Å². The molecular formula is C46H29NOS. The lowest BCUT2D eigenvalue weighted by atomic mass is 9.96. The summed E-state index contributed by atoms with van der Waals surface area (Å²) in [7, 11) is 0. The Morgan fingerprint density at radius 1 is 0.388 bits per heavy atom. The van der Waals surface area contributed by atoms with Crippen LogP contribution in [0.3, 0.4) is 0 Å². The number of rotatable bonds is 5. The van der Waals surface area contributed by atoms with Crippen LogP contribution in [0.1, 0.15) is 0 Å². The van der Waals surface area contributed by atoms with Crippen molar-refractivity contribution in [2.45, 2.75) is 0 Å². The summed E-state index contributed by atoms with van der Waals surface area (Å²) < 4.78 is 9.06. The Balaban J connectivity index is 1.27. The van der Waals surface area contributed by atoms with Gasteiger partial charge in [0, 0.05) is 36.7 Å². The highest BCUT2D eigenvalue weighted by Gasteiger charge is 2.24. The second-order valence-electron chi connectivity index (χ2n) is 12.5. The average Bonchev–Trinajstić information content (AvgIpc) is 3.74. The number of benzene rings is 8. The van der Waals surface area contributed by atoms with Crippen molar-refractivity contribution in [1.29, 1.82) is 0 Å². The number of hydrogen-bond donors (Lipinski definition) is 0.